The molecule has 1 aromatic carbocycles. The molecule has 2 fully saturated rings. The summed E-state index contributed by atoms with van der Waals surface area (Å²) in [5.41, 5.74) is 2.10. The number of fused-ring (bicyclic) bond motifs is 1. The Morgan fingerprint density at radius 1 is 1.42 bits per heavy atom. The molecular formula is C15H20N2O2. The Morgan fingerprint density at radius 3 is 3.05 bits per heavy atom. The van der Waals surface area contributed by atoms with E-state index in [2.05, 4.69) is 5.32 Å². The van der Waals surface area contributed by atoms with E-state index in [1.165, 1.54) is 0 Å². The normalized spacial score (nSPS) is 26.4. The van der Waals surface area contributed by atoms with Crippen LogP contribution in [-0.2, 0) is 4.79 Å². The van der Waals surface area contributed by atoms with Gasteiger partial charge in [-0.25, -0.2) is 0 Å². The highest BCUT2D eigenvalue weighted by Crippen LogP contribution is 2.32. The summed E-state index contributed by atoms with van der Waals surface area (Å²) in [5.74, 6) is 0.978. The van der Waals surface area contributed by atoms with Crippen molar-refractivity contribution < 1.29 is 9.53 Å². The van der Waals surface area contributed by atoms with Gasteiger partial charge in [-0.1, -0.05) is 17.7 Å². The lowest BCUT2D eigenvalue weighted by atomic mass is 9.99. The smallest absolute Gasteiger partial charge is 0.244 e. The minimum absolute atomic E-state index is 0.192. The number of benzene rings is 1. The zero-order valence-electron chi connectivity index (χ0n) is 11.5. The van der Waals surface area contributed by atoms with E-state index in [1.807, 2.05) is 30.0 Å². The summed E-state index contributed by atoms with van der Waals surface area (Å²) in [6, 6.07) is 6.12. The van der Waals surface area contributed by atoms with Crippen molar-refractivity contribution in [3.8, 4) is 5.75 Å². The van der Waals surface area contributed by atoms with E-state index in [9.17, 15) is 4.79 Å². The van der Waals surface area contributed by atoms with Crippen LogP contribution in [0.3, 0.4) is 0 Å². The van der Waals surface area contributed by atoms with Gasteiger partial charge in [0, 0.05) is 24.7 Å². The van der Waals surface area contributed by atoms with Crippen LogP contribution >= 0.6 is 0 Å². The minimum Gasteiger partial charge on any atom is -0.496 e. The number of carbonyl (C=O) groups is 1. The van der Waals surface area contributed by atoms with E-state index < -0.39 is 0 Å². The van der Waals surface area contributed by atoms with Crippen LogP contribution in [0.2, 0.25) is 0 Å². The maximum atomic E-state index is 12.6. The highest BCUT2D eigenvalue weighted by atomic mass is 16.5. The third kappa shape index (κ3) is 2.10. The quantitative estimate of drug-likeness (QED) is 0.879. The molecule has 1 N–H and O–H groups in total. The third-order valence-corrected chi connectivity index (χ3v) is 4.16. The first-order valence-corrected chi connectivity index (χ1v) is 6.89. The van der Waals surface area contributed by atoms with Crippen LogP contribution in [0.15, 0.2) is 18.2 Å². The van der Waals surface area contributed by atoms with E-state index in [0.717, 1.165) is 42.8 Å². The van der Waals surface area contributed by atoms with Gasteiger partial charge >= 0.3 is 0 Å². The molecule has 1 amide bonds. The van der Waals surface area contributed by atoms with Crippen LogP contribution < -0.4 is 10.1 Å². The zero-order chi connectivity index (χ0) is 13.4. The summed E-state index contributed by atoms with van der Waals surface area (Å²) in [6.45, 7) is 3.82. The first kappa shape index (κ1) is 12.5. The van der Waals surface area contributed by atoms with Gasteiger partial charge in [0.05, 0.1) is 7.11 Å². The van der Waals surface area contributed by atoms with Gasteiger partial charge in [0.1, 0.15) is 11.8 Å². The second kappa shape index (κ2) is 4.85. The van der Waals surface area contributed by atoms with Gasteiger partial charge in [-0.05, 0) is 25.8 Å². The Labute approximate surface area is 113 Å². The third-order valence-electron chi connectivity index (χ3n) is 4.16. The van der Waals surface area contributed by atoms with E-state index >= 15 is 0 Å². The van der Waals surface area contributed by atoms with Crippen LogP contribution in [0.5, 0.6) is 5.75 Å². The number of nitrogens with one attached hydrogen (secondary N) is 1. The molecule has 19 heavy (non-hydrogen) atoms. The standard InChI is InChI=1S/C15H20N2O2/c1-10-5-6-13(19-2)12(8-10)14-15(18)17-7-3-4-11(17)9-16-14/h5-6,8,11,14,16H,3-4,7,9H2,1-2H3. The number of nitrogens with zero attached hydrogens (tertiary/aromatic N) is 1. The number of ether oxygens (including phenoxy) is 1. The van der Waals surface area contributed by atoms with Crippen molar-refractivity contribution in [2.75, 3.05) is 20.2 Å². The Bertz CT molecular complexity index is 501. The highest BCUT2D eigenvalue weighted by Gasteiger charge is 2.39. The number of methoxy groups -OCH3 is 1. The number of rotatable bonds is 2. The maximum Gasteiger partial charge on any atom is 0.244 e. The van der Waals surface area contributed by atoms with Gasteiger partial charge in [0.25, 0.3) is 0 Å². The summed E-state index contributed by atoms with van der Waals surface area (Å²) in [6.07, 6.45) is 2.24. The molecule has 102 valence electrons. The molecule has 4 heteroatoms. The van der Waals surface area contributed by atoms with Crippen molar-refractivity contribution in [2.45, 2.75) is 31.8 Å². The Balaban J connectivity index is 1.93. The van der Waals surface area contributed by atoms with E-state index in [0.29, 0.717) is 6.04 Å². The maximum absolute atomic E-state index is 12.6. The fourth-order valence-corrected chi connectivity index (χ4v) is 3.17. The second-order valence-corrected chi connectivity index (χ2v) is 5.41. The molecule has 2 aliphatic heterocycles. The topological polar surface area (TPSA) is 41.6 Å². The van der Waals surface area contributed by atoms with Crippen molar-refractivity contribution in [3.63, 3.8) is 0 Å². The minimum atomic E-state index is -0.260. The van der Waals surface area contributed by atoms with Crippen LogP contribution in [-0.4, -0.2) is 37.0 Å². The van der Waals surface area contributed by atoms with Gasteiger partial charge in [-0.3, -0.25) is 10.1 Å². The van der Waals surface area contributed by atoms with Crippen molar-refractivity contribution in [1.82, 2.24) is 10.2 Å². The van der Waals surface area contributed by atoms with Crippen molar-refractivity contribution >= 4 is 5.91 Å². The first-order valence-electron chi connectivity index (χ1n) is 6.89. The number of aryl methyl sites for hydroxylation is 1. The molecule has 2 heterocycles. The number of hydrogen-bond acceptors (Lipinski definition) is 3. The molecule has 3 rings (SSSR count). The summed E-state index contributed by atoms with van der Waals surface area (Å²) >= 11 is 0. The number of piperazine rings is 1. The van der Waals surface area contributed by atoms with Crippen LogP contribution in [0.25, 0.3) is 0 Å². The largest absolute Gasteiger partial charge is 0.496 e. The molecule has 2 saturated heterocycles. The number of hydrogen-bond donors (Lipinski definition) is 1. The molecule has 4 nitrogen and oxygen atoms in total. The molecule has 0 bridgehead atoms. The SMILES string of the molecule is COc1ccc(C)cc1C1NCC2CCCN2C1=O. The van der Waals surface area contributed by atoms with E-state index in [-0.39, 0.29) is 11.9 Å². The molecule has 0 radical (unpaired) electrons. The van der Waals surface area contributed by atoms with Crippen LogP contribution in [0.1, 0.15) is 30.0 Å². The molecule has 2 atom stereocenters. The van der Waals surface area contributed by atoms with E-state index in [1.54, 1.807) is 7.11 Å². The Hall–Kier alpha value is -1.55. The van der Waals surface area contributed by atoms with Crippen molar-refractivity contribution in [3.05, 3.63) is 29.3 Å². The first-order chi connectivity index (χ1) is 9.20. The van der Waals surface area contributed by atoms with Gasteiger partial charge in [0.15, 0.2) is 0 Å². The van der Waals surface area contributed by atoms with Gasteiger partial charge in [-0.15, -0.1) is 0 Å². The summed E-state index contributed by atoms with van der Waals surface area (Å²) in [4.78, 5) is 14.6. The van der Waals surface area contributed by atoms with Crippen LogP contribution in [0.4, 0.5) is 0 Å². The fourth-order valence-electron chi connectivity index (χ4n) is 3.17. The van der Waals surface area contributed by atoms with Gasteiger partial charge in [-0.2, -0.15) is 0 Å². The molecule has 2 aliphatic rings. The highest BCUT2D eigenvalue weighted by molar-refractivity contribution is 5.85. The van der Waals surface area contributed by atoms with Gasteiger partial charge in [0.2, 0.25) is 5.91 Å². The van der Waals surface area contributed by atoms with Crippen LogP contribution in [0, 0.1) is 6.92 Å². The zero-order valence-corrected chi connectivity index (χ0v) is 11.5. The Kier molecular flexibility index (Phi) is 3.19. The van der Waals surface area contributed by atoms with E-state index in [4.69, 9.17) is 4.74 Å². The lowest BCUT2D eigenvalue weighted by Crippen LogP contribution is -2.53. The lowest BCUT2D eigenvalue weighted by Gasteiger charge is -2.36. The molecule has 2 unspecified atom stereocenters. The van der Waals surface area contributed by atoms with Gasteiger partial charge < -0.3 is 9.64 Å². The average molecular weight is 260 g/mol. The predicted octanol–water partition coefficient (Wildman–Crippen LogP) is 1.64. The lowest BCUT2D eigenvalue weighted by molar-refractivity contribution is -0.137. The summed E-state index contributed by atoms with van der Waals surface area (Å²) in [7, 11) is 1.65. The number of carbonyl (C=O) groups excluding carboxylic acids is 1. The Morgan fingerprint density at radius 2 is 2.26 bits per heavy atom. The molecule has 0 saturated carbocycles. The second-order valence-electron chi connectivity index (χ2n) is 5.41. The molecule has 0 spiro atoms. The molecular weight excluding hydrogens is 240 g/mol. The predicted molar refractivity (Wildman–Crippen MR) is 73.2 cm³/mol. The number of amides is 1. The summed E-state index contributed by atoms with van der Waals surface area (Å²) < 4.78 is 5.40. The summed E-state index contributed by atoms with van der Waals surface area (Å²) in [5, 5.41) is 3.39. The van der Waals surface area contributed by atoms with Crippen molar-refractivity contribution in [2.24, 2.45) is 0 Å². The molecule has 0 aliphatic carbocycles. The molecule has 0 aromatic heterocycles. The molecule has 1 aromatic rings. The monoisotopic (exact) mass is 260 g/mol. The van der Waals surface area contributed by atoms with Crippen molar-refractivity contribution in [1.29, 1.82) is 0 Å². The average Bonchev–Trinajstić information content (AvgIpc) is 2.88. The fraction of sp³-hybridized carbons (Fsp3) is 0.533.